The summed E-state index contributed by atoms with van der Waals surface area (Å²) in [5.74, 6) is 0.198. The minimum atomic E-state index is -0.671. The monoisotopic (exact) mass is 346 g/mol. The molecule has 5 nitrogen and oxygen atoms in total. The van der Waals surface area contributed by atoms with Gasteiger partial charge in [-0.05, 0) is 30.0 Å². The van der Waals surface area contributed by atoms with Crippen molar-refractivity contribution in [3.8, 4) is 5.75 Å². The van der Waals surface area contributed by atoms with Crippen LogP contribution in [-0.2, 0) is 10.2 Å². The number of benzene rings is 1. The molecule has 0 bridgehead atoms. The summed E-state index contributed by atoms with van der Waals surface area (Å²) in [7, 11) is 0. The number of thiazole rings is 1. The van der Waals surface area contributed by atoms with E-state index in [2.05, 4.69) is 31.1 Å². The van der Waals surface area contributed by atoms with Crippen molar-refractivity contribution < 1.29 is 14.3 Å². The molecule has 1 atom stereocenters. The number of ketones is 1. The third-order valence-corrected chi connectivity index (χ3v) is 4.26. The summed E-state index contributed by atoms with van der Waals surface area (Å²) >= 11 is 1.22. The Labute approximate surface area is 146 Å². The van der Waals surface area contributed by atoms with Gasteiger partial charge in [0.15, 0.2) is 17.0 Å². The highest BCUT2D eigenvalue weighted by Crippen LogP contribution is 2.25. The first-order chi connectivity index (χ1) is 11.2. The topological polar surface area (TPSA) is 68.3 Å². The number of nitrogens with zero attached hydrogens (tertiary/aromatic N) is 1. The molecule has 1 heterocycles. The molecule has 1 amide bonds. The maximum Gasteiger partial charge on any atom is 0.266 e. The molecule has 0 spiro atoms. The highest BCUT2D eigenvalue weighted by molar-refractivity contribution is 7.14. The predicted molar refractivity (Wildman–Crippen MR) is 96.0 cm³/mol. The molecule has 0 aliphatic heterocycles. The van der Waals surface area contributed by atoms with Gasteiger partial charge in [0.25, 0.3) is 5.91 Å². The summed E-state index contributed by atoms with van der Waals surface area (Å²) in [6.07, 6.45) is -0.671. The molecular weight excluding hydrogens is 324 g/mol. The van der Waals surface area contributed by atoms with Crippen LogP contribution in [0.1, 0.15) is 50.7 Å². The summed E-state index contributed by atoms with van der Waals surface area (Å²) in [6.45, 7) is 9.53. The van der Waals surface area contributed by atoms with Gasteiger partial charge < -0.3 is 4.74 Å². The second-order valence-electron chi connectivity index (χ2n) is 6.62. The Bertz CT molecular complexity index is 729. The van der Waals surface area contributed by atoms with Crippen molar-refractivity contribution in [3.05, 3.63) is 40.9 Å². The third-order valence-electron chi connectivity index (χ3n) is 3.50. The number of rotatable bonds is 5. The van der Waals surface area contributed by atoms with Gasteiger partial charge >= 0.3 is 0 Å². The minimum Gasteiger partial charge on any atom is -0.481 e. The van der Waals surface area contributed by atoms with Crippen LogP contribution in [0.4, 0.5) is 5.13 Å². The summed E-state index contributed by atoms with van der Waals surface area (Å²) in [5.41, 5.74) is 1.62. The van der Waals surface area contributed by atoms with Crippen LogP contribution in [0.2, 0.25) is 0 Å². The molecule has 0 saturated carbocycles. The molecule has 6 heteroatoms. The van der Waals surface area contributed by atoms with Gasteiger partial charge in [0.1, 0.15) is 11.4 Å². The van der Waals surface area contributed by atoms with E-state index in [-0.39, 0.29) is 17.1 Å². The van der Waals surface area contributed by atoms with Crippen molar-refractivity contribution in [3.63, 3.8) is 0 Å². The van der Waals surface area contributed by atoms with Crippen LogP contribution in [0.5, 0.6) is 5.75 Å². The van der Waals surface area contributed by atoms with Crippen LogP contribution in [0.15, 0.2) is 29.6 Å². The Morgan fingerprint density at radius 3 is 2.33 bits per heavy atom. The molecule has 128 valence electrons. The van der Waals surface area contributed by atoms with Crippen LogP contribution >= 0.6 is 11.3 Å². The van der Waals surface area contributed by atoms with Crippen LogP contribution in [0, 0.1) is 0 Å². The smallest absolute Gasteiger partial charge is 0.266 e. The second-order valence-corrected chi connectivity index (χ2v) is 7.48. The zero-order valence-electron chi connectivity index (χ0n) is 14.5. The van der Waals surface area contributed by atoms with Crippen molar-refractivity contribution >= 4 is 28.2 Å². The number of anilines is 1. The maximum atomic E-state index is 12.2. The molecule has 1 unspecified atom stereocenters. The quantitative estimate of drug-likeness (QED) is 0.829. The van der Waals surface area contributed by atoms with Gasteiger partial charge in [-0.1, -0.05) is 32.9 Å². The SMILES string of the molecule is CC(=O)c1csc(NC(=O)C(C)Oc2ccc(C(C)(C)C)cc2)n1. The fourth-order valence-corrected chi connectivity index (χ4v) is 2.74. The number of ether oxygens (including phenoxy) is 1. The molecule has 2 aromatic rings. The number of carbonyl (C=O) groups is 2. The van der Waals surface area contributed by atoms with E-state index >= 15 is 0 Å². The van der Waals surface area contributed by atoms with Crippen LogP contribution in [0.25, 0.3) is 0 Å². The zero-order chi connectivity index (χ0) is 17.9. The Morgan fingerprint density at radius 1 is 1.21 bits per heavy atom. The summed E-state index contributed by atoms with van der Waals surface area (Å²) in [6, 6.07) is 7.73. The van der Waals surface area contributed by atoms with Gasteiger partial charge in [-0.15, -0.1) is 11.3 Å². The largest absolute Gasteiger partial charge is 0.481 e. The fourth-order valence-electron chi connectivity index (χ4n) is 1.99. The number of hydrogen-bond acceptors (Lipinski definition) is 5. The predicted octanol–water partition coefficient (Wildman–Crippen LogP) is 4.05. The number of hydrogen-bond donors (Lipinski definition) is 1. The average molecular weight is 346 g/mol. The lowest BCUT2D eigenvalue weighted by Crippen LogP contribution is -2.30. The van der Waals surface area contributed by atoms with E-state index < -0.39 is 6.10 Å². The van der Waals surface area contributed by atoms with E-state index in [1.54, 1.807) is 12.3 Å². The van der Waals surface area contributed by atoms with Crippen molar-refractivity contribution in [2.75, 3.05) is 5.32 Å². The molecule has 0 saturated heterocycles. The van der Waals surface area contributed by atoms with Crippen LogP contribution in [-0.4, -0.2) is 22.8 Å². The lowest BCUT2D eigenvalue weighted by atomic mass is 9.87. The minimum absolute atomic E-state index is 0.0702. The molecule has 1 N–H and O–H groups in total. The zero-order valence-corrected chi connectivity index (χ0v) is 15.4. The summed E-state index contributed by atoms with van der Waals surface area (Å²) < 4.78 is 5.67. The van der Waals surface area contributed by atoms with Crippen molar-refractivity contribution in [2.24, 2.45) is 0 Å². The number of nitrogens with one attached hydrogen (secondary N) is 1. The van der Waals surface area contributed by atoms with E-state index in [1.165, 1.54) is 23.8 Å². The van der Waals surface area contributed by atoms with Gasteiger partial charge in [-0.25, -0.2) is 4.98 Å². The number of Topliss-reactive ketones (excluding diaryl/α,β-unsaturated/α-hetero) is 1. The Hall–Kier alpha value is -2.21. The Kier molecular flexibility index (Phi) is 5.39. The lowest BCUT2D eigenvalue weighted by Gasteiger charge is -2.20. The third kappa shape index (κ3) is 4.64. The normalized spacial score (nSPS) is 12.5. The Balaban J connectivity index is 1.96. The van der Waals surface area contributed by atoms with Gasteiger partial charge in [0.2, 0.25) is 0 Å². The molecule has 0 aliphatic carbocycles. The van der Waals surface area contributed by atoms with Crippen molar-refractivity contribution in [1.29, 1.82) is 0 Å². The summed E-state index contributed by atoms with van der Waals surface area (Å²) in [4.78, 5) is 27.5. The second kappa shape index (κ2) is 7.13. The molecule has 1 aromatic heterocycles. The van der Waals surface area contributed by atoms with Gasteiger partial charge in [0, 0.05) is 12.3 Å². The molecule has 0 aliphatic rings. The first kappa shape index (κ1) is 18.1. The standard InChI is InChI=1S/C18H22N2O3S/c1-11(21)15-10-24-17(19-15)20-16(22)12(2)23-14-8-6-13(7-9-14)18(3,4)5/h6-10,12H,1-5H3,(H,19,20,22). The molecule has 24 heavy (non-hydrogen) atoms. The van der Waals surface area contributed by atoms with Crippen LogP contribution in [0.3, 0.4) is 0 Å². The lowest BCUT2D eigenvalue weighted by molar-refractivity contribution is -0.122. The highest BCUT2D eigenvalue weighted by atomic mass is 32.1. The van der Waals surface area contributed by atoms with Gasteiger partial charge in [-0.2, -0.15) is 0 Å². The van der Waals surface area contributed by atoms with E-state index in [0.717, 1.165) is 0 Å². The van der Waals surface area contributed by atoms with E-state index in [4.69, 9.17) is 4.74 Å². The maximum absolute atomic E-state index is 12.2. The van der Waals surface area contributed by atoms with Crippen LogP contribution < -0.4 is 10.1 Å². The van der Waals surface area contributed by atoms with Gasteiger partial charge in [0.05, 0.1) is 0 Å². The molecule has 0 radical (unpaired) electrons. The number of aromatic nitrogens is 1. The van der Waals surface area contributed by atoms with Crippen molar-refractivity contribution in [2.45, 2.75) is 46.1 Å². The number of amides is 1. The fraction of sp³-hybridized carbons (Fsp3) is 0.389. The molecule has 2 rings (SSSR count). The summed E-state index contributed by atoms with van der Waals surface area (Å²) in [5, 5.41) is 4.68. The first-order valence-corrected chi connectivity index (χ1v) is 8.59. The van der Waals surface area contributed by atoms with E-state index in [0.29, 0.717) is 16.6 Å². The van der Waals surface area contributed by atoms with E-state index in [9.17, 15) is 9.59 Å². The molecular formula is C18H22N2O3S. The first-order valence-electron chi connectivity index (χ1n) is 7.71. The van der Waals surface area contributed by atoms with E-state index in [1.807, 2.05) is 24.3 Å². The average Bonchev–Trinajstić information content (AvgIpc) is 2.95. The Morgan fingerprint density at radius 2 is 1.83 bits per heavy atom. The van der Waals surface area contributed by atoms with Gasteiger partial charge in [-0.3, -0.25) is 14.9 Å². The highest BCUT2D eigenvalue weighted by Gasteiger charge is 2.18. The van der Waals surface area contributed by atoms with Crippen molar-refractivity contribution in [1.82, 2.24) is 4.98 Å². The number of carbonyl (C=O) groups excluding carboxylic acids is 2. The molecule has 0 fully saturated rings. The molecule has 1 aromatic carbocycles.